The molecule has 0 fully saturated rings. The quantitative estimate of drug-likeness (QED) is 0.661. The number of imidazole rings is 1. The molecule has 3 nitrogen and oxygen atoms in total. The van der Waals surface area contributed by atoms with E-state index in [1.165, 1.54) is 17.1 Å². The van der Waals surface area contributed by atoms with Crippen LogP contribution in [0.15, 0.2) is 54.7 Å². The van der Waals surface area contributed by atoms with Crippen LogP contribution in [0.5, 0.6) is 0 Å². The van der Waals surface area contributed by atoms with E-state index in [1.54, 1.807) is 0 Å². The van der Waals surface area contributed by atoms with Gasteiger partial charge in [0.1, 0.15) is 5.65 Å². The standard InChI is InChI=1S/C16H15N3/c1-2-6-13(7-3-1)18-11-9-14-15(12-18)19-10-5-4-8-16(19)17-14/h1-8,10H,9,11-12H2. The lowest BCUT2D eigenvalue weighted by Gasteiger charge is -2.28. The van der Waals surface area contributed by atoms with Crippen molar-refractivity contribution in [1.29, 1.82) is 0 Å². The van der Waals surface area contributed by atoms with Crippen LogP contribution in [-0.2, 0) is 13.0 Å². The van der Waals surface area contributed by atoms with Gasteiger partial charge in [-0.25, -0.2) is 4.98 Å². The van der Waals surface area contributed by atoms with Crippen molar-refractivity contribution < 1.29 is 0 Å². The van der Waals surface area contributed by atoms with E-state index in [-0.39, 0.29) is 0 Å². The topological polar surface area (TPSA) is 20.5 Å². The fraction of sp³-hybridized carbons (Fsp3) is 0.188. The molecule has 0 saturated carbocycles. The lowest BCUT2D eigenvalue weighted by atomic mass is 10.1. The summed E-state index contributed by atoms with van der Waals surface area (Å²) in [6.45, 7) is 1.98. The molecule has 0 N–H and O–H groups in total. The first-order valence-corrected chi connectivity index (χ1v) is 6.67. The van der Waals surface area contributed by atoms with Crippen LogP contribution in [0, 0.1) is 0 Å². The highest BCUT2D eigenvalue weighted by Crippen LogP contribution is 2.24. The van der Waals surface area contributed by atoms with Gasteiger partial charge in [0.15, 0.2) is 0 Å². The fourth-order valence-corrected chi connectivity index (χ4v) is 2.82. The highest BCUT2D eigenvalue weighted by Gasteiger charge is 2.21. The van der Waals surface area contributed by atoms with E-state index in [0.29, 0.717) is 0 Å². The Morgan fingerprint density at radius 3 is 2.68 bits per heavy atom. The van der Waals surface area contributed by atoms with Crippen LogP contribution in [0.3, 0.4) is 0 Å². The van der Waals surface area contributed by atoms with Crippen molar-refractivity contribution in [3.05, 3.63) is 66.1 Å². The number of rotatable bonds is 1. The second-order valence-electron chi connectivity index (χ2n) is 4.94. The molecule has 0 radical (unpaired) electrons. The third-order valence-corrected chi connectivity index (χ3v) is 3.79. The van der Waals surface area contributed by atoms with Gasteiger partial charge in [0.05, 0.1) is 17.9 Å². The van der Waals surface area contributed by atoms with Gasteiger partial charge in [0, 0.05) is 24.8 Å². The highest BCUT2D eigenvalue weighted by molar-refractivity contribution is 5.51. The van der Waals surface area contributed by atoms with Gasteiger partial charge in [-0.1, -0.05) is 24.3 Å². The first-order chi connectivity index (χ1) is 9.42. The lowest BCUT2D eigenvalue weighted by molar-refractivity contribution is 0.702. The molecule has 0 saturated heterocycles. The largest absolute Gasteiger partial charge is 0.365 e. The summed E-state index contributed by atoms with van der Waals surface area (Å²) in [5.41, 5.74) is 4.92. The van der Waals surface area contributed by atoms with E-state index in [9.17, 15) is 0 Å². The molecule has 19 heavy (non-hydrogen) atoms. The van der Waals surface area contributed by atoms with Gasteiger partial charge in [-0.15, -0.1) is 0 Å². The van der Waals surface area contributed by atoms with Gasteiger partial charge in [-0.05, 0) is 24.3 Å². The average Bonchev–Trinajstić information content (AvgIpc) is 2.86. The predicted molar refractivity (Wildman–Crippen MR) is 76.4 cm³/mol. The van der Waals surface area contributed by atoms with E-state index in [4.69, 9.17) is 4.98 Å². The first-order valence-electron chi connectivity index (χ1n) is 6.67. The minimum Gasteiger partial charge on any atom is -0.365 e. The zero-order valence-corrected chi connectivity index (χ0v) is 10.7. The smallest absolute Gasteiger partial charge is 0.137 e. The molecule has 3 aromatic rings. The Labute approximate surface area is 112 Å². The monoisotopic (exact) mass is 249 g/mol. The van der Waals surface area contributed by atoms with E-state index < -0.39 is 0 Å². The molecule has 0 amide bonds. The number of hydrogen-bond acceptors (Lipinski definition) is 2. The highest BCUT2D eigenvalue weighted by atomic mass is 15.2. The number of fused-ring (bicyclic) bond motifs is 3. The zero-order valence-electron chi connectivity index (χ0n) is 10.7. The number of nitrogens with zero attached hydrogens (tertiary/aromatic N) is 3. The number of aromatic nitrogens is 2. The normalized spacial score (nSPS) is 14.6. The van der Waals surface area contributed by atoms with Gasteiger partial charge in [0.2, 0.25) is 0 Å². The number of hydrogen-bond donors (Lipinski definition) is 0. The molecule has 3 heterocycles. The molecule has 94 valence electrons. The Kier molecular flexibility index (Phi) is 2.30. The summed E-state index contributed by atoms with van der Waals surface area (Å²) < 4.78 is 2.21. The van der Waals surface area contributed by atoms with Crippen LogP contribution < -0.4 is 4.90 Å². The van der Waals surface area contributed by atoms with Crippen molar-refractivity contribution in [3.63, 3.8) is 0 Å². The predicted octanol–water partition coefficient (Wildman–Crippen LogP) is 2.90. The fourth-order valence-electron chi connectivity index (χ4n) is 2.82. The number of anilines is 1. The maximum absolute atomic E-state index is 4.72. The summed E-state index contributed by atoms with van der Waals surface area (Å²) in [5.74, 6) is 0. The summed E-state index contributed by atoms with van der Waals surface area (Å²) in [4.78, 5) is 7.14. The van der Waals surface area contributed by atoms with E-state index in [2.05, 4.69) is 58.0 Å². The second kappa shape index (κ2) is 4.12. The summed E-state index contributed by atoms with van der Waals surface area (Å²) in [6, 6.07) is 16.8. The first kappa shape index (κ1) is 10.6. The van der Waals surface area contributed by atoms with Crippen LogP contribution in [0.25, 0.3) is 5.65 Å². The molecular formula is C16H15N3. The molecule has 2 aromatic heterocycles. The van der Waals surface area contributed by atoms with Crippen molar-refractivity contribution in [2.24, 2.45) is 0 Å². The summed E-state index contributed by atoms with van der Waals surface area (Å²) in [7, 11) is 0. The number of para-hydroxylation sites is 1. The molecule has 0 spiro atoms. The Morgan fingerprint density at radius 1 is 0.947 bits per heavy atom. The van der Waals surface area contributed by atoms with Crippen molar-refractivity contribution in [1.82, 2.24) is 9.38 Å². The second-order valence-corrected chi connectivity index (χ2v) is 4.94. The van der Waals surface area contributed by atoms with Gasteiger partial charge < -0.3 is 9.30 Å². The van der Waals surface area contributed by atoms with E-state index in [0.717, 1.165) is 25.2 Å². The molecular weight excluding hydrogens is 234 g/mol. The summed E-state index contributed by atoms with van der Waals surface area (Å²) in [5, 5.41) is 0. The zero-order chi connectivity index (χ0) is 12.7. The number of pyridine rings is 1. The Hall–Kier alpha value is -2.29. The van der Waals surface area contributed by atoms with Crippen LogP contribution in [0.1, 0.15) is 11.4 Å². The maximum atomic E-state index is 4.72. The third kappa shape index (κ3) is 1.70. The molecule has 0 atom stereocenters. The van der Waals surface area contributed by atoms with Crippen molar-refractivity contribution in [2.45, 2.75) is 13.0 Å². The third-order valence-electron chi connectivity index (χ3n) is 3.79. The Balaban J connectivity index is 1.77. The van der Waals surface area contributed by atoms with Crippen LogP contribution in [0.4, 0.5) is 5.69 Å². The summed E-state index contributed by atoms with van der Waals surface area (Å²) >= 11 is 0. The van der Waals surface area contributed by atoms with E-state index in [1.807, 2.05) is 6.07 Å². The SMILES string of the molecule is c1ccc(N2CCc3nc4ccccn4c3C2)cc1. The van der Waals surface area contributed by atoms with Gasteiger partial charge >= 0.3 is 0 Å². The minimum absolute atomic E-state index is 0.935. The van der Waals surface area contributed by atoms with E-state index >= 15 is 0 Å². The molecule has 1 aliphatic rings. The average molecular weight is 249 g/mol. The molecule has 0 aliphatic carbocycles. The molecule has 0 unspecified atom stereocenters. The van der Waals surface area contributed by atoms with Crippen molar-refractivity contribution in [2.75, 3.05) is 11.4 Å². The van der Waals surface area contributed by atoms with Gasteiger partial charge in [0.25, 0.3) is 0 Å². The van der Waals surface area contributed by atoms with Crippen LogP contribution >= 0.6 is 0 Å². The maximum Gasteiger partial charge on any atom is 0.137 e. The lowest BCUT2D eigenvalue weighted by Crippen LogP contribution is -2.30. The van der Waals surface area contributed by atoms with Crippen molar-refractivity contribution in [3.8, 4) is 0 Å². The van der Waals surface area contributed by atoms with Crippen LogP contribution in [-0.4, -0.2) is 15.9 Å². The van der Waals surface area contributed by atoms with Crippen LogP contribution in [0.2, 0.25) is 0 Å². The van der Waals surface area contributed by atoms with Gasteiger partial charge in [-0.2, -0.15) is 0 Å². The Bertz CT molecular complexity index is 715. The molecule has 4 rings (SSSR count). The molecule has 1 aliphatic heterocycles. The molecule has 3 heteroatoms. The van der Waals surface area contributed by atoms with Crippen molar-refractivity contribution >= 4 is 11.3 Å². The van der Waals surface area contributed by atoms with Gasteiger partial charge in [-0.3, -0.25) is 0 Å². The minimum atomic E-state index is 0.935. The summed E-state index contributed by atoms with van der Waals surface area (Å²) in [6.07, 6.45) is 3.13. The molecule has 1 aromatic carbocycles. The molecule has 0 bridgehead atoms. The number of benzene rings is 1. The Morgan fingerprint density at radius 2 is 1.79 bits per heavy atom.